The molecule has 0 aliphatic carbocycles. The van der Waals surface area contributed by atoms with Crippen molar-refractivity contribution in [3.63, 3.8) is 0 Å². The Labute approximate surface area is 107 Å². The standard InChI is InChI=1S/C8H5BrN6OS/c9-6-2-1-5(17-6)4-3-11-14-15(4)8-7(10)12-16-13-8/h1-3H,(H2,10,12). The molecule has 0 aromatic carbocycles. The van der Waals surface area contributed by atoms with Crippen LogP contribution < -0.4 is 5.73 Å². The van der Waals surface area contributed by atoms with E-state index in [2.05, 4.69) is 41.2 Å². The summed E-state index contributed by atoms with van der Waals surface area (Å²) in [7, 11) is 0. The summed E-state index contributed by atoms with van der Waals surface area (Å²) in [5.74, 6) is 0.509. The third-order valence-electron chi connectivity index (χ3n) is 2.07. The Bertz CT molecular complexity index is 658. The maximum atomic E-state index is 5.62. The van der Waals surface area contributed by atoms with Gasteiger partial charge in [-0.25, -0.2) is 4.63 Å². The molecular formula is C8H5BrN6OS. The molecule has 7 nitrogen and oxygen atoms in total. The summed E-state index contributed by atoms with van der Waals surface area (Å²) in [6, 6.07) is 3.90. The van der Waals surface area contributed by atoms with E-state index in [4.69, 9.17) is 5.73 Å². The third-order valence-corrected chi connectivity index (χ3v) is 3.72. The van der Waals surface area contributed by atoms with Crippen LogP contribution in [0.2, 0.25) is 0 Å². The van der Waals surface area contributed by atoms with Crippen molar-refractivity contribution < 1.29 is 4.63 Å². The molecule has 86 valence electrons. The molecule has 3 rings (SSSR count). The first-order valence-electron chi connectivity index (χ1n) is 4.50. The van der Waals surface area contributed by atoms with E-state index < -0.39 is 0 Å². The van der Waals surface area contributed by atoms with Crippen LogP contribution in [0.25, 0.3) is 16.4 Å². The van der Waals surface area contributed by atoms with Crippen molar-refractivity contribution in [1.29, 1.82) is 0 Å². The topological polar surface area (TPSA) is 95.7 Å². The summed E-state index contributed by atoms with van der Waals surface area (Å²) in [5.41, 5.74) is 6.40. The third kappa shape index (κ3) is 1.72. The molecule has 3 heterocycles. The lowest BCUT2D eigenvalue weighted by molar-refractivity contribution is 0.307. The first kappa shape index (κ1) is 10.4. The number of thiophene rings is 1. The maximum Gasteiger partial charge on any atom is 0.243 e. The van der Waals surface area contributed by atoms with Gasteiger partial charge in [-0.2, -0.15) is 4.68 Å². The van der Waals surface area contributed by atoms with Crippen LogP contribution in [0.1, 0.15) is 0 Å². The fourth-order valence-corrected chi connectivity index (χ4v) is 2.73. The second kappa shape index (κ2) is 3.93. The molecule has 0 radical (unpaired) electrons. The Morgan fingerprint density at radius 3 is 2.88 bits per heavy atom. The normalized spacial score (nSPS) is 10.9. The van der Waals surface area contributed by atoms with E-state index in [0.717, 1.165) is 14.4 Å². The number of hydrogen-bond acceptors (Lipinski definition) is 7. The highest BCUT2D eigenvalue weighted by Crippen LogP contribution is 2.31. The fraction of sp³-hybridized carbons (Fsp3) is 0. The molecule has 0 saturated heterocycles. The lowest BCUT2D eigenvalue weighted by atomic mass is 10.3. The minimum atomic E-state index is 0.173. The minimum absolute atomic E-state index is 0.173. The van der Waals surface area contributed by atoms with Gasteiger partial charge in [0.15, 0.2) is 0 Å². The Hall–Kier alpha value is -1.74. The summed E-state index contributed by atoms with van der Waals surface area (Å²) < 4.78 is 7.06. The first-order valence-corrected chi connectivity index (χ1v) is 6.11. The van der Waals surface area contributed by atoms with Gasteiger partial charge in [0.2, 0.25) is 11.6 Å². The second-order valence-electron chi connectivity index (χ2n) is 3.11. The molecule has 2 N–H and O–H groups in total. The highest BCUT2D eigenvalue weighted by atomic mass is 79.9. The lowest BCUT2D eigenvalue weighted by Crippen LogP contribution is -2.02. The molecule has 0 unspecified atom stereocenters. The monoisotopic (exact) mass is 312 g/mol. The zero-order valence-corrected chi connectivity index (χ0v) is 10.6. The first-order chi connectivity index (χ1) is 8.25. The van der Waals surface area contributed by atoms with Gasteiger partial charge in [0.25, 0.3) is 0 Å². The van der Waals surface area contributed by atoms with Crippen molar-refractivity contribution in [3.8, 4) is 16.4 Å². The van der Waals surface area contributed by atoms with Crippen molar-refractivity contribution in [2.24, 2.45) is 0 Å². The van der Waals surface area contributed by atoms with E-state index in [1.807, 2.05) is 12.1 Å². The van der Waals surface area contributed by atoms with Gasteiger partial charge < -0.3 is 5.73 Å². The molecule has 0 saturated carbocycles. The second-order valence-corrected chi connectivity index (χ2v) is 5.57. The molecule has 0 spiro atoms. The highest BCUT2D eigenvalue weighted by molar-refractivity contribution is 9.11. The number of nitrogen functional groups attached to an aromatic ring is 1. The molecular weight excluding hydrogens is 308 g/mol. The smallest absolute Gasteiger partial charge is 0.243 e. The van der Waals surface area contributed by atoms with Crippen LogP contribution in [0.3, 0.4) is 0 Å². The summed E-state index contributed by atoms with van der Waals surface area (Å²) in [5, 5.41) is 15.0. The fourth-order valence-electron chi connectivity index (χ4n) is 1.35. The molecule has 0 fully saturated rings. The van der Waals surface area contributed by atoms with Gasteiger partial charge in [0.1, 0.15) is 5.69 Å². The summed E-state index contributed by atoms with van der Waals surface area (Å²) in [4.78, 5) is 0.990. The van der Waals surface area contributed by atoms with Crippen LogP contribution >= 0.6 is 27.3 Å². The average Bonchev–Trinajstić information content (AvgIpc) is 2.97. The molecule has 3 aromatic heterocycles. The zero-order chi connectivity index (χ0) is 11.8. The Morgan fingerprint density at radius 2 is 2.24 bits per heavy atom. The average molecular weight is 313 g/mol. The predicted molar refractivity (Wildman–Crippen MR) is 64.6 cm³/mol. The number of aromatic nitrogens is 5. The van der Waals surface area contributed by atoms with Crippen LogP contribution in [0, 0.1) is 0 Å². The van der Waals surface area contributed by atoms with Crippen LogP contribution in [0.5, 0.6) is 0 Å². The van der Waals surface area contributed by atoms with Crippen LogP contribution in [-0.2, 0) is 0 Å². The maximum absolute atomic E-state index is 5.62. The zero-order valence-electron chi connectivity index (χ0n) is 8.24. The number of rotatable bonds is 2. The number of hydrogen-bond donors (Lipinski definition) is 1. The number of anilines is 1. The van der Waals surface area contributed by atoms with Crippen molar-refractivity contribution >= 4 is 33.1 Å². The van der Waals surface area contributed by atoms with E-state index in [1.165, 1.54) is 4.68 Å². The molecule has 0 aliphatic heterocycles. The van der Waals surface area contributed by atoms with Crippen LogP contribution in [-0.4, -0.2) is 25.3 Å². The van der Waals surface area contributed by atoms with Gasteiger partial charge >= 0.3 is 0 Å². The van der Waals surface area contributed by atoms with E-state index in [1.54, 1.807) is 17.5 Å². The van der Waals surface area contributed by atoms with Crippen molar-refractivity contribution in [2.75, 3.05) is 5.73 Å². The lowest BCUT2D eigenvalue weighted by Gasteiger charge is -1.98. The SMILES string of the molecule is Nc1nonc1-n1nncc1-c1ccc(Br)s1. The highest BCUT2D eigenvalue weighted by Gasteiger charge is 2.16. The largest absolute Gasteiger partial charge is 0.378 e. The Kier molecular flexibility index (Phi) is 2.41. The van der Waals surface area contributed by atoms with Gasteiger partial charge in [-0.05, 0) is 38.4 Å². The van der Waals surface area contributed by atoms with Gasteiger partial charge in [0, 0.05) is 0 Å². The van der Waals surface area contributed by atoms with Crippen LogP contribution in [0.15, 0.2) is 26.7 Å². The van der Waals surface area contributed by atoms with Crippen molar-refractivity contribution in [2.45, 2.75) is 0 Å². The van der Waals surface area contributed by atoms with Gasteiger partial charge in [-0.1, -0.05) is 5.21 Å². The number of nitrogens with two attached hydrogens (primary N) is 1. The Morgan fingerprint density at radius 1 is 1.35 bits per heavy atom. The number of nitrogens with zero attached hydrogens (tertiary/aromatic N) is 5. The molecule has 0 bridgehead atoms. The molecule has 0 atom stereocenters. The van der Waals surface area contributed by atoms with E-state index in [9.17, 15) is 0 Å². The molecule has 9 heteroatoms. The molecule has 0 aliphatic rings. The molecule has 17 heavy (non-hydrogen) atoms. The Balaban J connectivity index is 2.15. The van der Waals surface area contributed by atoms with E-state index in [-0.39, 0.29) is 5.82 Å². The van der Waals surface area contributed by atoms with Gasteiger partial charge in [-0.15, -0.1) is 16.4 Å². The number of halogens is 1. The molecule has 0 amide bonds. The summed E-state index contributed by atoms with van der Waals surface area (Å²) in [6.45, 7) is 0. The predicted octanol–water partition coefficient (Wildman–Crippen LogP) is 1.72. The van der Waals surface area contributed by atoms with E-state index in [0.29, 0.717) is 5.82 Å². The van der Waals surface area contributed by atoms with Crippen molar-refractivity contribution in [3.05, 3.63) is 22.1 Å². The minimum Gasteiger partial charge on any atom is -0.378 e. The quantitative estimate of drug-likeness (QED) is 0.774. The summed E-state index contributed by atoms with van der Waals surface area (Å²) >= 11 is 4.96. The van der Waals surface area contributed by atoms with Gasteiger partial charge in [0.05, 0.1) is 14.9 Å². The van der Waals surface area contributed by atoms with Crippen LogP contribution in [0.4, 0.5) is 5.82 Å². The van der Waals surface area contributed by atoms with Gasteiger partial charge in [-0.3, -0.25) is 0 Å². The van der Waals surface area contributed by atoms with Crippen molar-refractivity contribution in [1.82, 2.24) is 25.3 Å². The molecule has 3 aromatic rings. The summed E-state index contributed by atoms with van der Waals surface area (Å²) in [6.07, 6.45) is 1.63. The van der Waals surface area contributed by atoms with E-state index >= 15 is 0 Å².